The Balaban J connectivity index is 2.40. The summed E-state index contributed by atoms with van der Waals surface area (Å²) in [6.07, 6.45) is 3.10. The normalized spacial score (nSPS) is 10.0. The molecule has 0 aromatic carbocycles. The van der Waals surface area contributed by atoms with Crippen LogP contribution in [0.15, 0.2) is 12.4 Å². The molecule has 0 bridgehead atoms. The summed E-state index contributed by atoms with van der Waals surface area (Å²) in [6, 6.07) is 3.94. The monoisotopic (exact) mass is 233 g/mol. The molecule has 5 heteroatoms. The van der Waals surface area contributed by atoms with Crippen molar-refractivity contribution in [2.75, 3.05) is 23.7 Å². The molecule has 0 radical (unpaired) electrons. The Morgan fingerprint density at radius 2 is 1.88 bits per heavy atom. The predicted octanol–water partition coefficient (Wildman–Crippen LogP) is 2.26. The van der Waals surface area contributed by atoms with E-state index in [4.69, 9.17) is 5.26 Å². The lowest BCUT2D eigenvalue weighted by Crippen LogP contribution is -2.08. The molecule has 2 N–H and O–H groups in total. The molecular weight excluding hydrogens is 214 g/mol. The molecule has 0 spiro atoms. The zero-order valence-electron chi connectivity index (χ0n) is 10.4. The lowest BCUT2D eigenvalue weighted by Gasteiger charge is -2.08. The quantitative estimate of drug-likeness (QED) is 0.707. The van der Waals surface area contributed by atoms with Crippen LogP contribution in [0.5, 0.6) is 0 Å². The predicted molar refractivity (Wildman–Crippen MR) is 68.7 cm³/mol. The fraction of sp³-hybridized carbons (Fsp3) is 0.583. The van der Waals surface area contributed by atoms with E-state index in [9.17, 15) is 0 Å². The van der Waals surface area contributed by atoms with E-state index < -0.39 is 0 Å². The van der Waals surface area contributed by atoms with Gasteiger partial charge in [-0.25, -0.2) is 9.97 Å². The highest BCUT2D eigenvalue weighted by atomic mass is 15.1. The highest BCUT2D eigenvalue weighted by molar-refractivity contribution is 5.46. The molecule has 0 aliphatic rings. The number of hydrogen-bond donors (Lipinski definition) is 2. The Kier molecular flexibility index (Phi) is 5.80. The van der Waals surface area contributed by atoms with Gasteiger partial charge in [-0.05, 0) is 12.3 Å². The largest absolute Gasteiger partial charge is 0.370 e. The van der Waals surface area contributed by atoms with Crippen LogP contribution in [0, 0.1) is 17.2 Å². The van der Waals surface area contributed by atoms with E-state index >= 15 is 0 Å². The van der Waals surface area contributed by atoms with Gasteiger partial charge in [0.05, 0.1) is 12.5 Å². The molecule has 0 saturated heterocycles. The van der Waals surface area contributed by atoms with Crippen molar-refractivity contribution >= 4 is 11.6 Å². The number of rotatable bonds is 7. The summed E-state index contributed by atoms with van der Waals surface area (Å²) >= 11 is 0. The SMILES string of the molecule is CC(C)CCNc1cc(NCCC#N)ncn1. The third-order valence-electron chi connectivity index (χ3n) is 2.24. The van der Waals surface area contributed by atoms with Crippen molar-refractivity contribution in [1.29, 1.82) is 5.26 Å². The van der Waals surface area contributed by atoms with Crippen LogP contribution in [-0.4, -0.2) is 23.1 Å². The van der Waals surface area contributed by atoms with Gasteiger partial charge in [-0.1, -0.05) is 13.8 Å². The van der Waals surface area contributed by atoms with Gasteiger partial charge >= 0.3 is 0 Å². The molecule has 0 atom stereocenters. The molecule has 0 amide bonds. The molecule has 0 saturated carbocycles. The summed E-state index contributed by atoms with van der Waals surface area (Å²) in [5.74, 6) is 2.25. The summed E-state index contributed by atoms with van der Waals surface area (Å²) in [5.41, 5.74) is 0. The first-order valence-electron chi connectivity index (χ1n) is 5.89. The minimum atomic E-state index is 0.472. The molecule has 0 unspecified atom stereocenters. The molecule has 1 heterocycles. The van der Waals surface area contributed by atoms with Crippen LogP contribution < -0.4 is 10.6 Å². The van der Waals surface area contributed by atoms with Crippen LogP contribution in [0.4, 0.5) is 11.6 Å². The van der Waals surface area contributed by atoms with Crippen LogP contribution in [-0.2, 0) is 0 Å². The summed E-state index contributed by atoms with van der Waals surface area (Å²) in [4.78, 5) is 8.22. The topological polar surface area (TPSA) is 73.6 Å². The zero-order chi connectivity index (χ0) is 12.5. The molecule has 92 valence electrons. The number of nitrogens with one attached hydrogen (secondary N) is 2. The van der Waals surface area contributed by atoms with E-state index in [0.29, 0.717) is 18.9 Å². The van der Waals surface area contributed by atoms with Gasteiger partial charge in [0.15, 0.2) is 0 Å². The maximum atomic E-state index is 8.43. The van der Waals surface area contributed by atoms with E-state index in [0.717, 1.165) is 24.6 Å². The second-order valence-electron chi connectivity index (χ2n) is 4.23. The van der Waals surface area contributed by atoms with E-state index in [1.54, 1.807) is 0 Å². The fourth-order valence-corrected chi connectivity index (χ4v) is 1.29. The molecule has 1 aromatic heterocycles. The maximum Gasteiger partial charge on any atom is 0.131 e. The van der Waals surface area contributed by atoms with Gasteiger partial charge in [-0.3, -0.25) is 0 Å². The standard InChI is InChI=1S/C12H19N5/c1-10(2)4-7-15-12-8-11(16-9-17-12)14-6-3-5-13/h8-10H,3-4,6-7H2,1-2H3,(H2,14,15,16,17). The van der Waals surface area contributed by atoms with Gasteiger partial charge in [0, 0.05) is 19.2 Å². The highest BCUT2D eigenvalue weighted by Crippen LogP contribution is 2.09. The number of anilines is 2. The third-order valence-corrected chi connectivity index (χ3v) is 2.24. The van der Waals surface area contributed by atoms with Crippen LogP contribution >= 0.6 is 0 Å². The number of nitrogens with zero attached hydrogens (tertiary/aromatic N) is 3. The van der Waals surface area contributed by atoms with Crippen molar-refractivity contribution in [2.45, 2.75) is 26.7 Å². The second kappa shape index (κ2) is 7.44. The lowest BCUT2D eigenvalue weighted by molar-refractivity contribution is 0.606. The smallest absolute Gasteiger partial charge is 0.131 e. The van der Waals surface area contributed by atoms with Crippen molar-refractivity contribution in [3.05, 3.63) is 12.4 Å². The van der Waals surface area contributed by atoms with Gasteiger partial charge < -0.3 is 10.6 Å². The fourth-order valence-electron chi connectivity index (χ4n) is 1.29. The lowest BCUT2D eigenvalue weighted by atomic mass is 10.1. The van der Waals surface area contributed by atoms with E-state index in [2.05, 4.69) is 40.5 Å². The number of nitriles is 1. The number of aromatic nitrogens is 2. The molecule has 0 aliphatic heterocycles. The average molecular weight is 233 g/mol. The summed E-state index contributed by atoms with van der Waals surface area (Å²) < 4.78 is 0. The molecule has 17 heavy (non-hydrogen) atoms. The van der Waals surface area contributed by atoms with Crippen molar-refractivity contribution in [1.82, 2.24) is 9.97 Å². The Bertz CT molecular complexity index is 369. The summed E-state index contributed by atoms with van der Waals surface area (Å²) in [7, 11) is 0. The Morgan fingerprint density at radius 1 is 1.24 bits per heavy atom. The summed E-state index contributed by atoms with van der Waals surface area (Å²) in [6.45, 7) is 5.90. The number of hydrogen-bond acceptors (Lipinski definition) is 5. The van der Waals surface area contributed by atoms with Gasteiger partial charge in [0.25, 0.3) is 0 Å². The van der Waals surface area contributed by atoms with Crippen LogP contribution in [0.1, 0.15) is 26.7 Å². The van der Waals surface area contributed by atoms with Gasteiger partial charge in [0.1, 0.15) is 18.0 Å². The van der Waals surface area contributed by atoms with Crippen molar-refractivity contribution < 1.29 is 0 Å². The Hall–Kier alpha value is -1.83. The van der Waals surface area contributed by atoms with Crippen LogP contribution in [0.25, 0.3) is 0 Å². The first-order valence-corrected chi connectivity index (χ1v) is 5.89. The first kappa shape index (κ1) is 13.2. The van der Waals surface area contributed by atoms with Crippen LogP contribution in [0.2, 0.25) is 0 Å². The maximum absolute atomic E-state index is 8.43. The van der Waals surface area contributed by atoms with Crippen molar-refractivity contribution in [3.8, 4) is 6.07 Å². The molecule has 1 rings (SSSR count). The molecule has 0 fully saturated rings. The van der Waals surface area contributed by atoms with Crippen LogP contribution in [0.3, 0.4) is 0 Å². The average Bonchev–Trinajstić information content (AvgIpc) is 2.29. The third kappa shape index (κ3) is 5.71. The Morgan fingerprint density at radius 3 is 2.47 bits per heavy atom. The molecule has 0 aliphatic carbocycles. The first-order chi connectivity index (χ1) is 8.22. The summed E-state index contributed by atoms with van der Waals surface area (Å²) in [5, 5.41) is 14.8. The van der Waals surface area contributed by atoms with E-state index in [1.807, 2.05) is 6.07 Å². The minimum Gasteiger partial charge on any atom is -0.370 e. The molecular formula is C12H19N5. The highest BCUT2D eigenvalue weighted by Gasteiger charge is 1.98. The minimum absolute atomic E-state index is 0.472. The van der Waals surface area contributed by atoms with Gasteiger partial charge in [-0.2, -0.15) is 5.26 Å². The van der Waals surface area contributed by atoms with E-state index in [-0.39, 0.29) is 0 Å². The zero-order valence-corrected chi connectivity index (χ0v) is 10.4. The second-order valence-corrected chi connectivity index (χ2v) is 4.23. The Labute approximate surface area is 102 Å². The van der Waals surface area contributed by atoms with Crippen molar-refractivity contribution in [3.63, 3.8) is 0 Å². The van der Waals surface area contributed by atoms with Gasteiger partial charge in [0.2, 0.25) is 0 Å². The van der Waals surface area contributed by atoms with Crippen molar-refractivity contribution in [2.24, 2.45) is 5.92 Å². The van der Waals surface area contributed by atoms with Gasteiger partial charge in [-0.15, -0.1) is 0 Å². The van der Waals surface area contributed by atoms with E-state index in [1.165, 1.54) is 6.33 Å². The molecule has 1 aromatic rings. The molecule has 5 nitrogen and oxygen atoms in total.